The van der Waals surface area contributed by atoms with Crippen molar-refractivity contribution in [3.63, 3.8) is 0 Å². The van der Waals surface area contributed by atoms with Crippen LogP contribution in [0.1, 0.15) is 24.3 Å². The van der Waals surface area contributed by atoms with Crippen molar-refractivity contribution in [2.45, 2.75) is 23.0 Å². The fourth-order valence-electron chi connectivity index (χ4n) is 2.56. The smallest absolute Gasteiger partial charge is 0.306 e. The van der Waals surface area contributed by atoms with Gasteiger partial charge in [0, 0.05) is 0 Å². The molecule has 22 heavy (non-hydrogen) atoms. The molecule has 4 rings (SSSR count). The lowest BCUT2D eigenvalue weighted by atomic mass is 10.2. The van der Waals surface area contributed by atoms with E-state index in [2.05, 4.69) is 14.7 Å². The van der Waals surface area contributed by atoms with Gasteiger partial charge in [-0.15, -0.1) is 11.3 Å². The molecule has 2 heterocycles. The molecule has 1 fully saturated rings. The molecule has 0 spiro atoms. The minimum Gasteiger partial charge on any atom is -0.306 e. The van der Waals surface area contributed by atoms with Crippen LogP contribution in [0.5, 0.6) is 0 Å². The van der Waals surface area contributed by atoms with E-state index < -0.39 is 10.0 Å². The zero-order valence-corrected chi connectivity index (χ0v) is 13.1. The lowest BCUT2D eigenvalue weighted by molar-refractivity contribution is 0.602. The van der Waals surface area contributed by atoms with Crippen LogP contribution in [0.4, 0.5) is 5.69 Å². The third-order valence-electron chi connectivity index (χ3n) is 3.72. The van der Waals surface area contributed by atoms with E-state index in [0.717, 1.165) is 18.4 Å². The number of sulfonamides is 1. The van der Waals surface area contributed by atoms with Crippen LogP contribution >= 0.6 is 11.3 Å². The summed E-state index contributed by atoms with van der Waals surface area (Å²) in [7, 11) is -3.66. The van der Waals surface area contributed by atoms with Gasteiger partial charge in [-0.25, -0.2) is 13.2 Å². The highest BCUT2D eigenvalue weighted by atomic mass is 32.2. The van der Waals surface area contributed by atoms with E-state index in [-0.39, 0.29) is 5.69 Å². The van der Waals surface area contributed by atoms with Crippen molar-refractivity contribution in [2.75, 3.05) is 4.72 Å². The van der Waals surface area contributed by atoms with Crippen LogP contribution < -0.4 is 10.4 Å². The van der Waals surface area contributed by atoms with E-state index in [9.17, 15) is 13.2 Å². The number of imidazole rings is 1. The monoisotopic (exact) mass is 335 g/mol. The summed E-state index contributed by atoms with van der Waals surface area (Å²) < 4.78 is 28.3. The predicted octanol–water partition coefficient (Wildman–Crippen LogP) is 2.60. The van der Waals surface area contributed by atoms with Crippen molar-refractivity contribution in [3.8, 4) is 0 Å². The Morgan fingerprint density at radius 3 is 2.77 bits per heavy atom. The number of rotatable bonds is 4. The standard InChI is InChI=1S/C14H13N3O3S2/c18-14-15-10-2-1-3-11(12(10)16-14)17-22(19,20)13-9(6-7-21-13)8-4-5-8/h1-3,6-8,17H,4-5H2,(H2,15,16,18). The molecule has 114 valence electrons. The molecule has 0 amide bonds. The maximum Gasteiger partial charge on any atom is 0.323 e. The minimum absolute atomic E-state index is 0.362. The average Bonchev–Trinajstić information content (AvgIpc) is 3.04. The summed E-state index contributed by atoms with van der Waals surface area (Å²) in [5, 5.41) is 1.81. The minimum atomic E-state index is -3.66. The van der Waals surface area contributed by atoms with Crippen molar-refractivity contribution < 1.29 is 8.42 Å². The van der Waals surface area contributed by atoms with E-state index in [1.807, 2.05) is 6.07 Å². The molecule has 0 saturated heterocycles. The lowest BCUT2D eigenvalue weighted by Crippen LogP contribution is -2.13. The third-order valence-corrected chi connectivity index (χ3v) is 6.60. The van der Waals surface area contributed by atoms with E-state index in [4.69, 9.17) is 0 Å². The predicted molar refractivity (Wildman–Crippen MR) is 86.0 cm³/mol. The second-order valence-electron chi connectivity index (χ2n) is 5.35. The summed E-state index contributed by atoms with van der Waals surface area (Å²) in [5.74, 6) is 0.362. The molecule has 3 N–H and O–H groups in total. The zero-order chi connectivity index (χ0) is 15.3. The first-order valence-corrected chi connectivity index (χ1v) is 9.22. The van der Waals surface area contributed by atoms with Gasteiger partial charge in [-0.05, 0) is 47.9 Å². The Balaban J connectivity index is 1.77. The molecule has 6 nitrogen and oxygen atoms in total. The Morgan fingerprint density at radius 2 is 2.00 bits per heavy atom. The lowest BCUT2D eigenvalue weighted by Gasteiger charge is -2.09. The fourth-order valence-corrected chi connectivity index (χ4v) is 5.16. The molecule has 2 aromatic heterocycles. The summed E-state index contributed by atoms with van der Waals surface area (Å²) in [6, 6.07) is 6.93. The SMILES string of the molecule is O=c1[nH]c2cccc(NS(=O)(=O)c3sccc3C3CC3)c2[nH]1. The van der Waals surface area contributed by atoms with Gasteiger partial charge in [0.15, 0.2) is 0 Å². The highest BCUT2D eigenvalue weighted by Gasteiger charge is 2.31. The Kier molecular flexibility index (Phi) is 2.92. The second-order valence-corrected chi connectivity index (χ2v) is 8.14. The molecule has 1 aliphatic rings. The number of para-hydroxylation sites is 1. The van der Waals surface area contributed by atoms with Crippen LogP contribution in [-0.2, 0) is 10.0 Å². The average molecular weight is 335 g/mol. The highest BCUT2D eigenvalue weighted by Crippen LogP contribution is 2.45. The van der Waals surface area contributed by atoms with Gasteiger partial charge >= 0.3 is 5.69 Å². The van der Waals surface area contributed by atoms with Gasteiger partial charge in [-0.1, -0.05) is 6.07 Å². The number of hydrogen-bond donors (Lipinski definition) is 3. The molecule has 8 heteroatoms. The van der Waals surface area contributed by atoms with Crippen molar-refractivity contribution in [3.05, 3.63) is 45.7 Å². The molecule has 3 aromatic rings. The number of aromatic amines is 2. The Bertz CT molecular complexity index is 1010. The topological polar surface area (TPSA) is 94.8 Å². The van der Waals surface area contributed by atoms with Crippen molar-refractivity contribution in [1.82, 2.24) is 9.97 Å². The Labute approximate surface area is 130 Å². The zero-order valence-electron chi connectivity index (χ0n) is 11.4. The first-order chi connectivity index (χ1) is 10.5. The molecular formula is C14H13N3O3S2. The number of fused-ring (bicyclic) bond motifs is 1. The Morgan fingerprint density at radius 1 is 1.18 bits per heavy atom. The van der Waals surface area contributed by atoms with Crippen molar-refractivity contribution in [2.24, 2.45) is 0 Å². The molecule has 1 aliphatic carbocycles. The van der Waals surface area contributed by atoms with Gasteiger partial charge in [-0.2, -0.15) is 0 Å². The number of anilines is 1. The second kappa shape index (κ2) is 4.72. The Hall–Kier alpha value is -2.06. The summed E-state index contributed by atoms with van der Waals surface area (Å²) in [4.78, 5) is 16.6. The van der Waals surface area contributed by atoms with E-state index in [0.29, 0.717) is 26.8 Å². The van der Waals surface area contributed by atoms with Gasteiger partial charge in [0.05, 0.1) is 16.7 Å². The number of H-pyrrole nitrogens is 2. The number of thiophene rings is 1. The van der Waals surface area contributed by atoms with Crippen molar-refractivity contribution >= 4 is 38.1 Å². The molecule has 1 aromatic carbocycles. The molecule has 0 atom stereocenters. The normalized spacial score (nSPS) is 15.3. The van der Waals surface area contributed by atoms with Gasteiger partial charge in [0.25, 0.3) is 10.0 Å². The van der Waals surface area contributed by atoms with Crippen LogP contribution in [0.15, 0.2) is 38.6 Å². The molecule has 0 radical (unpaired) electrons. The molecule has 1 saturated carbocycles. The van der Waals surface area contributed by atoms with E-state index in [1.54, 1.807) is 23.6 Å². The third kappa shape index (κ3) is 2.24. The molecule has 0 bridgehead atoms. The van der Waals surface area contributed by atoms with Crippen LogP contribution in [0, 0.1) is 0 Å². The number of aromatic nitrogens is 2. The fraction of sp³-hybridized carbons (Fsp3) is 0.214. The molecule has 0 aliphatic heterocycles. The van der Waals surface area contributed by atoms with Gasteiger partial charge in [-0.3, -0.25) is 4.72 Å². The largest absolute Gasteiger partial charge is 0.323 e. The van der Waals surface area contributed by atoms with Crippen LogP contribution in [0.2, 0.25) is 0 Å². The van der Waals surface area contributed by atoms with Gasteiger partial charge < -0.3 is 9.97 Å². The van der Waals surface area contributed by atoms with E-state index >= 15 is 0 Å². The summed E-state index contributed by atoms with van der Waals surface area (Å²) in [6.07, 6.45) is 2.08. The number of benzene rings is 1. The maximum absolute atomic E-state index is 12.7. The highest BCUT2D eigenvalue weighted by molar-refractivity contribution is 7.94. The van der Waals surface area contributed by atoms with Crippen molar-refractivity contribution in [1.29, 1.82) is 0 Å². The summed E-state index contributed by atoms with van der Waals surface area (Å²) in [6.45, 7) is 0. The molecular weight excluding hydrogens is 322 g/mol. The van der Waals surface area contributed by atoms with Crippen LogP contribution in [-0.4, -0.2) is 18.4 Å². The van der Waals surface area contributed by atoms with E-state index in [1.165, 1.54) is 11.3 Å². The number of nitrogens with one attached hydrogen (secondary N) is 3. The van der Waals surface area contributed by atoms with Crippen LogP contribution in [0.3, 0.4) is 0 Å². The summed E-state index contributed by atoms with van der Waals surface area (Å²) >= 11 is 1.22. The molecule has 0 unspecified atom stereocenters. The number of hydrogen-bond acceptors (Lipinski definition) is 4. The van der Waals surface area contributed by atoms with Gasteiger partial charge in [0.1, 0.15) is 4.21 Å². The maximum atomic E-state index is 12.7. The summed E-state index contributed by atoms with van der Waals surface area (Å²) in [5.41, 5.74) is 1.93. The van der Waals surface area contributed by atoms with Gasteiger partial charge in [0.2, 0.25) is 0 Å². The first-order valence-electron chi connectivity index (χ1n) is 6.86. The first kappa shape index (κ1) is 13.6. The van der Waals surface area contributed by atoms with Crippen LogP contribution in [0.25, 0.3) is 11.0 Å². The quantitative estimate of drug-likeness (QED) is 0.684.